The Morgan fingerprint density at radius 2 is 1.95 bits per heavy atom. The molecule has 0 spiro atoms. The van der Waals surface area contributed by atoms with Crippen LogP contribution in [0.1, 0.15) is 5.56 Å². The third-order valence-electron chi connectivity index (χ3n) is 2.82. The summed E-state index contributed by atoms with van der Waals surface area (Å²) in [6.07, 6.45) is 3.35. The Balaban J connectivity index is 1.98. The van der Waals surface area contributed by atoms with Gasteiger partial charge in [0.05, 0.1) is 0 Å². The molecular weight excluding hydrogens is 311 g/mol. The highest BCUT2D eigenvalue weighted by atomic mass is 35.5. The number of anilines is 2. The average Bonchev–Trinajstić information content (AvgIpc) is 2.97. The molecule has 0 radical (unpaired) electrons. The van der Waals surface area contributed by atoms with Crippen LogP contribution in [-0.4, -0.2) is 24.7 Å². The van der Waals surface area contributed by atoms with Gasteiger partial charge < -0.3 is 5.32 Å². The fraction of sp³-hybridized carbons (Fsp3) is 0.0769. The number of hydrogen-bond donors (Lipinski definition) is 1. The monoisotopic (exact) mass is 320 g/mol. The molecule has 2 aromatic heterocycles. The summed E-state index contributed by atoms with van der Waals surface area (Å²) in [6, 6.07) is 7.31. The predicted molar refractivity (Wildman–Crippen MR) is 81.4 cm³/mol. The number of nitrogens with one attached hydrogen (secondary N) is 1. The molecule has 0 aliphatic carbocycles. The van der Waals surface area contributed by atoms with Crippen LogP contribution in [-0.2, 0) is 0 Å². The minimum Gasteiger partial charge on any atom is -0.324 e. The third-order valence-corrected chi connectivity index (χ3v) is 3.40. The first kappa shape index (κ1) is 13.8. The molecule has 0 atom stereocenters. The van der Waals surface area contributed by atoms with Gasteiger partial charge in [-0.15, -0.1) is 0 Å². The molecule has 1 N–H and O–H groups in total. The number of nitrogens with zero attached hydrogens (tertiary/aromatic N) is 5. The summed E-state index contributed by atoms with van der Waals surface area (Å²) in [5.74, 6) is 0.660. The summed E-state index contributed by atoms with van der Waals surface area (Å²) < 4.78 is 1.50. The zero-order valence-corrected chi connectivity index (χ0v) is 12.5. The van der Waals surface area contributed by atoms with Gasteiger partial charge in [-0.2, -0.15) is 20.1 Å². The molecule has 3 aromatic rings. The highest BCUT2D eigenvalue weighted by Crippen LogP contribution is 2.25. The molecule has 21 heavy (non-hydrogen) atoms. The van der Waals surface area contributed by atoms with E-state index in [1.807, 2.05) is 25.1 Å². The quantitative estimate of drug-likeness (QED) is 0.800. The molecule has 0 saturated heterocycles. The van der Waals surface area contributed by atoms with Crippen LogP contribution in [0, 0.1) is 6.92 Å². The molecule has 0 fully saturated rings. The lowest BCUT2D eigenvalue weighted by molar-refractivity contribution is 0.798. The van der Waals surface area contributed by atoms with Crippen LogP contribution in [0.25, 0.3) is 5.95 Å². The number of hydrogen-bond acceptors (Lipinski definition) is 5. The van der Waals surface area contributed by atoms with Gasteiger partial charge in [-0.25, -0.2) is 4.68 Å². The molecule has 0 bridgehead atoms. The maximum absolute atomic E-state index is 6.09. The average molecular weight is 321 g/mol. The van der Waals surface area contributed by atoms with Gasteiger partial charge in [0.1, 0.15) is 0 Å². The molecule has 0 unspecified atom stereocenters. The normalized spacial score (nSPS) is 10.6. The van der Waals surface area contributed by atoms with Gasteiger partial charge >= 0.3 is 0 Å². The molecule has 0 saturated carbocycles. The molecule has 2 heterocycles. The van der Waals surface area contributed by atoms with Crippen molar-refractivity contribution in [1.29, 1.82) is 0 Å². The van der Waals surface area contributed by atoms with Gasteiger partial charge in [-0.1, -0.05) is 17.7 Å². The molecule has 3 rings (SSSR count). The zero-order chi connectivity index (χ0) is 14.8. The number of rotatable bonds is 3. The summed E-state index contributed by atoms with van der Waals surface area (Å²) in [7, 11) is 0. The second-order valence-corrected chi connectivity index (χ2v) is 4.96. The first-order valence-corrected chi connectivity index (χ1v) is 6.83. The maximum atomic E-state index is 6.09. The second kappa shape index (κ2) is 5.67. The van der Waals surface area contributed by atoms with Gasteiger partial charge in [0.2, 0.25) is 11.2 Å². The Labute approximate surface area is 130 Å². The van der Waals surface area contributed by atoms with Crippen LogP contribution in [0.3, 0.4) is 0 Å². The van der Waals surface area contributed by atoms with Crippen molar-refractivity contribution in [2.45, 2.75) is 6.92 Å². The fourth-order valence-corrected chi connectivity index (χ4v) is 2.08. The summed E-state index contributed by atoms with van der Waals surface area (Å²) in [6.45, 7) is 1.90. The number of benzene rings is 1. The number of aromatic nitrogens is 5. The lowest BCUT2D eigenvalue weighted by Crippen LogP contribution is -2.07. The molecule has 8 heteroatoms. The smallest absolute Gasteiger partial charge is 0.256 e. The van der Waals surface area contributed by atoms with Crippen molar-refractivity contribution in [3.8, 4) is 5.95 Å². The molecule has 0 aliphatic rings. The van der Waals surface area contributed by atoms with E-state index in [0.29, 0.717) is 16.9 Å². The van der Waals surface area contributed by atoms with Crippen LogP contribution in [0.15, 0.2) is 36.7 Å². The first-order chi connectivity index (χ1) is 10.1. The van der Waals surface area contributed by atoms with Crippen molar-refractivity contribution in [3.05, 3.63) is 52.5 Å². The molecule has 0 amide bonds. The van der Waals surface area contributed by atoms with Crippen LogP contribution in [0.4, 0.5) is 11.6 Å². The zero-order valence-electron chi connectivity index (χ0n) is 11.0. The summed E-state index contributed by atoms with van der Waals surface area (Å²) in [5.41, 5.74) is 1.70. The van der Waals surface area contributed by atoms with E-state index < -0.39 is 0 Å². The van der Waals surface area contributed by atoms with Crippen molar-refractivity contribution >= 4 is 34.8 Å². The van der Waals surface area contributed by atoms with Gasteiger partial charge in [0, 0.05) is 23.1 Å². The van der Waals surface area contributed by atoms with E-state index in [1.165, 1.54) is 4.68 Å². The topological polar surface area (TPSA) is 68.5 Å². The lowest BCUT2D eigenvalue weighted by atomic mass is 10.2. The SMILES string of the molecule is Cc1c(Cl)cccc1Nc1nc(Cl)nc(-n2cccn2)n1. The minimum absolute atomic E-state index is 0.0812. The van der Waals surface area contributed by atoms with E-state index >= 15 is 0 Å². The van der Waals surface area contributed by atoms with Gasteiger partial charge in [0.25, 0.3) is 5.95 Å². The maximum Gasteiger partial charge on any atom is 0.256 e. The van der Waals surface area contributed by atoms with Crippen LogP contribution in [0.2, 0.25) is 10.3 Å². The van der Waals surface area contributed by atoms with E-state index in [9.17, 15) is 0 Å². The van der Waals surface area contributed by atoms with E-state index in [0.717, 1.165) is 11.3 Å². The minimum atomic E-state index is 0.0812. The second-order valence-electron chi connectivity index (χ2n) is 4.22. The van der Waals surface area contributed by atoms with Crippen molar-refractivity contribution < 1.29 is 0 Å². The van der Waals surface area contributed by atoms with Crippen molar-refractivity contribution in [3.63, 3.8) is 0 Å². The molecular formula is C13H10Cl2N6. The van der Waals surface area contributed by atoms with Gasteiger partial charge in [-0.3, -0.25) is 0 Å². The first-order valence-electron chi connectivity index (χ1n) is 6.07. The van der Waals surface area contributed by atoms with E-state index in [1.54, 1.807) is 18.5 Å². The molecule has 106 valence electrons. The van der Waals surface area contributed by atoms with E-state index in [2.05, 4.69) is 25.4 Å². The van der Waals surface area contributed by atoms with Crippen molar-refractivity contribution in [2.75, 3.05) is 5.32 Å². The summed E-state index contributed by atoms with van der Waals surface area (Å²) >= 11 is 12.0. The van der Waals surface area contributed by atoms with Gasteiger partial charge in [-0.05, 0) is 42.3 Å². The summed E-state index contributed by atoms with van der Waals surface area (Å²) in [5, 5.41) is 7.89. The highest BCUT2D eigenvalue weighted by Gasteiger charge is 2.09. The van der Waals surface area contributed by atoms with Crippen molar-refractivity contribution in [1.82, 2.24) is 24.7 Å². The van der Waals surface area contributed by atoms with Crippen LogP contribution in [0.5, 0.6) is 0 Å². The summed E-state index contributed by atoms with van der Waals surface area (Å²) in [4.78, 5) is 12.4. The van der Waals surface area contributed by atoms with E-state index in [4.69, 9.17) is 23.2 Å². The van der Waals surface area contributed by atoms with Gasteiger partial charge in [0.15, 0.2) is 0 Å². The Morgan fingerprint density at radius 1 is 1.10 bits per heavy atom. The standard InChI is InChI=1S/C13H10Cl2N6/c1-8-9(14)4-2-5-10(8)17-12-18-11(15)19-13(20-12)21-7-3-6-16-21/h2-7H,1H3,(H,17,18,19,20). The molecule has 1 aromatic carbocycles. The Hall–Kier alpha value is -2.18. The van der Waals surface area contributed by atoms with Crippen molar-refractivity contribution in [2.24, 2.45) is 0 Å². The molecule has 0 aliphatic heterocycles. The van der Waals surface area contributed by atoms with E-state index in [-0.39, 0.29) is 5.28 Å². The van der Waals surface area contributed by atoms with Crippen LogP contribution >= 0.6 is 23.2 Å². The number of halogens is 2. The molecule has 6 nitrogen and oxygen atoms in total. The third kappa shape index (κ3) is 2.96. The fourth-order valence-electron chi connectivity index (χ4n) is 1.75. The lowest BCUT2D eigenvalue weighted by Gasteiger charge is -2.10. The largest absolute Gasteiger partial charge is 0.324 e. The highest BCUT2D eigenvalue weighted by molar-refractivity contribution is 6.31. The Bertz CT molecular complexity index is 772. The predicted octanol–water partition coefficient (Wildman–Crippen LogP) is 3.42. The Kier molecular flexibility index (Phi) is 3.72. The van der Waals surface area contributed by atoms with Crippen LogP contribution < -0.4 is 5.32 Å². The Morgan fingerprint density at radius 3 is 2.71 bits per heavy atom.